The molecule has 6 aliphatic rings. The second-order valence-corrected chi connectivity index (χ2v) is 18.4. The molecule has 294 valence electrons. The summed E-state index contributed by atoms with van der Waals surface area (Å²) in [6, 6.07) is 8.22. The summed E-state index contributed by atoms with van der Waals surface area (Å²) in [7, 11) is 1.47. The van der Waals surface area contributed by atoms with E-state index in [0.717, 1.165) is 5.57 Å². The Morgan fingerprint density at radius 3 is 2.11 bits per heavy atom. The lowest BCUT2D eigenvalue weighted by Gasteiger charge is -2.73. The van der Waals surface area contributed by atoms with Gasteiger partial charge in [0.2, 0.25) is 0 Å². The van der Waals surface area contributed by atoms with Crippen LogP contribution < -0.4 is 0 Å². The SMILES string of the molecule is COC1=C(C)C2(C)CC(O)C3C(C)(CC(C)C34C(C)(O)C(OC(C)=O)C(OC(=O)c3ccccc3)C3(C)C(OC(C)=O)CC5(C)CC34OC5=O)C2CC1=O. The van der Waals surface area contributed by atoms with Crippen LogP contribution in [0.25, 0.3) is 0 Å². The molecular weight excluding hydrogens is 696 g/mol. The Labute approximate surface area is 316 Å². The molecule has 1 aromatic carbocycles. The van der Waals surface area contributed by atoms with Crippen molar-refractivity contribution in [2.45, 2.75) is 130 Å². The zero-order valence-corrected chi connectivity index (χ0v) is 32.9. The number of rotatable bonds is 5. The summed E-state index contributed by atoms with van der Waals surface area (Å²) in [5.74, 6) is -4.37. The van der Waals surface area contributed by atoms with Gasteiger partial charge in [-0.2, -0.15) is 0 Å². The molecule has 5 fully saturated rings. The lowest BCUT2D eigenvalue weighted by atomic mass is 9.33. The standard InChI is InChI=1S/C42H54O12/c1-21-17-38(7)28-16-26(45)30(50-10)22(2)37(28,6)18-27(46)31(38)42(21)40(9,49)33(52-24(4)44)32(53-34(47)25-14-12-11-13-15-25)39(8)29(51-23(3)43)19-36(5)20-41(39,42)54-35(36)48/h11-15,21,27-29,31-33,46,49H,16-20H2,1-10H3. The minimum absolute atomic E-state index is 0.00587. The van der Waals surface area contributed by atoms with E-state index >= 15 is 0 Å². The monoisotopic (exact) mass is 750 g/mol. The third kappa shape index (κ3) is 4.46. The van der Waals surface area contributed by atoms with Crippen LogP contribution in [0.3, 0.4) is 0 Å². The number of methoxy groups -OCH3 is 1. The molecular formula is C42H54O12. The fraction of sp³-hybridized carbons (Fsp3) is 0.690. The summed E-state index contributed by atoms with van der Waals surface area (Å²) in [5, 5.41) is 26.6. The topological polar surface area (TPSA) is 172 Å². The maximum atomic E-state index is 14.5. The third-order valence-corrected chi connectivity index (χ3v) is 15.7. The second-order valence-electron chi connectivity index (χ2n) is 18.4. The number of hydrogen-bond acceptors (Lipinski definition) is 12. The number of Topliss-reactive ketones (excluding diaryl/α,β-unsaturated/α-hetero) is 1. The number of benzene rings is 1. The predicted octanol–water partition coefficient (Wildman–Crippen LogP) is 4.87. The normalized spacial score (nSPS) is 47.6. The van der Waals surface area contributed by atoms with Crippen LogP contribution in [0.2, 0.25) is 0 Å². The molecule has 1 aromatic rings. The first-order valence-corrected chi connectivity index (χ1v) is 19.1. The van der Waals surface area contributed by atoms with E-state index in [1.165, 1.54) is 27.9 Å². The van der Waals surface area contributed by atoms with Gasteiger partial charge < -0.3 is 33.9 Å². The van der Waals surface area contributed by atoms with Crippen LogP contribution in [0.5, 0.6) is 0 Å². The smallest absolute Gasteiger partial charge is 0.338 e. The molecule has 1 saturated heterocycles. The Morgan fingerprint density at radius 2 is 1.52 bits per heavy atom. The highest BCUT2D eigenvalue weighted by Gasteiger charge is 2.92. The van der Waals surface area contributed by atoms with Crippen LogP contribution in [0, 0.1) is 44.8 Å². The van der Waals surface area contributed by atoms with Gasteiger partial charge in [0, 0.05) is 39.0 Å². The first-order valence-electron chi connectivity index (χ1n) is 19.1. The number of hydrogen-bond donors (Lipinski definition) is 2. The maximum absolute atomic E-state index is 14.5. The number of allylic oxidation sites excluding steroid dienone is 2. The van der Waals surface area contributed by atoms with Gasteiger partial charge in [0.15, 0.2) is 23.8 Å². The first kappa shape index (κ1) is 38.5. The molecule has 12 heteroatoms. The predicted molar refractivity (Wildman–Crippen MR) is 191 cm³/mol. The molecule has 7 rings (SSSR count). The number of ketones is 1. The van der Waals surface area contributed by atoms with Crippen molar-refractivity contribution < 1.29 is 57.9 Å². The van der Waals surface area contributed by atoms with Crippen molar-refractivity contribution >= 4 is 29.7 Å². The van der Waals surface area contributed by atoms with Gasteiger partial charge in [-0.05, 0) is 80.9 Å². The summed E-state index contributed by atoms with van der Waals surface area (Å²) in [5.41, 5.74) is -8.98. The van der Waals surface area contributed by atoms with E-state index in [1.54, 1.807) is 44.2 Å². The van der Waals surface area contributed by atoms with Crippen molar-refractivity contribution in [3.05, 3.63) is 47.2 Å². The van der Waals surface area contributed by atoms with E-state index in [2.05, 4.69) is 0 Å². The Hall–Kier alpha value is -3.77. The summed E-state index contributed by atoms with van der Waals surface area (Å²) in [6.07, 6.45) is -4.60. The minimum atomic E-state index is -2.15. The summed E-state index contributed by atoms with van der Waals surface area (Å²) < 4.78 is 31.2. The quantitative estimate of drug-likeness (QED) is 0.310. The van der Waals surface area contributed by atoms with Gasteiger partial charge in [-0.25, -0.2) is 4.79 Å². The Kier molecular flexibility index (Phi) is 8.46. The van der Waals surface area contributed by atoms with Crippen molar-refractivity contribution in [2.75, 3.05) is 7.11 Å². The zero-order chi connectivity index (χ0) is 39.8. The van der Waals surface area contributed by atoms with Crippen LogP contribution >= 0.6 is 0 Å². The lowest BCUT2D eigenvalue weighted by molar-refractivity contribution is -0.382. The van der Waals surface area contributed by atoms with Gasteiger partial charge in [-0.15, -0.1) is 0 Å². The van der Waals surface area contributed by atoms with E-state index in [-0.39, 0.29) is 48.7 Å². The maximum Gasteiger partial charge on any atom is 0.338 e. The van der Waals surface area contributed by atoms with Crippen LogP contribution in [0.4, 0.5) is 0 Å². The molecule has 0 amide bonds. The van der Waals surface area contributed by atoms with Crippen molar-refractivity contribution in [1.29, 1.82) is 0 Å². The molecule has 5 aliphatic carbocycles. The van der Waals surface area contributed by atoms with Gasteiger partial charge in [-0.3, -0.25) is 19.2 Å². The van der Waals surface area contributed by atoms with E-state index in [4.69, 9.17) is 23.7 Å². The van der Waals surface area contributed by atoms with Gasteiger partial charge in [0.25, 0.3) is 0 Å². The molecule has 0 aromatic heterocycles. The number of esters is 4. The fourth-order valence-electron chi connectivity index (χ4n) is 13.9. The van der Waals surface area contributed by atoms with Crippen molar-refractivity contribution in [3.8, 4) is 0 Å². The molecule has 2 bridgehead atoms. The Bertz CT molecular complexity index is 1850. The van der Waals surface area contributed by atoms with E-state index < -0.39 is 98.4 Å². The molecule has 14 atom stereocenters. The number of ether oxygens (including phenoxy) is 5. The van der Waals surface area contributed by atoms with Gasteiger partial charge in [0.05, 0.1) is 35.0 Å². The number of aliphatic hydroxyl groups is 2. The summed E-state index contributed by atoms with van der Waals surface area (Å²) in [6.45, 7) is 15.4. The van der Waals surface area contributed by atoms with Gasteiger partial charge in [-0.1, -0.05) is 39.0 Å². The highest BCUT2D eigenvalue weighted by atomic mass is 16.6. The highest BCUT2D eigenvalue weighted by molar-refractivity contribution is 5.96. The largest absolute Gasteiger partial charge is 0.493 e. The molecule has 12 nitrogen and oxygen atoms in total. The third-order valence-electron chi connectivity index (χ3n) is 15.7. The van der Waals surface area contributed by atoms with Crippen LogP contribution in [0.15, 0.2) is 41.7 Å². The molecule has 2 spiro atoms. The number of carbonyl (C=O) groups excluding carboxylic acids is 5. The van der Waals surface area contributed by atoms with E-state index in [0.29, 0.717) is 6.42 Å². The van der Waals surface area contributed by atoms with Crippen molar-refractivity contribution in [3.63, 3.8) is 0 Å². The first-order chi connectivity index (χ1) is 25.0. The molecule has 54 heavy (non-hydrogen) atoms. The molecule has 2 N–H and O–H groups in total. The summed E-state index contributed by atoms with van der Waals surface area (Å²) in [4.78, 5) is 68.5. The molecule has 1 heterocycles. The average molecular weight is 751 g/mol. The van der Waals surface area contributed by atoms with Crippen LogP contribution in [-0.4, -0.2) is 82.6 Å². The van der Waals surface area contributed by atoms with Crippen LogP contribution in [0.1, 0.15) is 105 Å². The zero-order valence-electron chi connectivity index (χ0n) is 32.9. The Balaban J connectivity index is 1.54. The van der Waals surface area contributed by atoms with Crippen LogP contribution in [-0.2, 0) is 42.9 Å². The lowest BCUT2D eigenvalue weighted by Crippen LogP contribution is -2.86. The molecule has 14 unspecified atom stereocenters. The molecule has 0 radical (unpaired) electrons. The Morgan fingerprint density at radius 1 is 0.889 bits per heavy atom. The average Bonchev–Trinajstić information content (AvgIpc) is 3.48. The van der Waals surface area contributed by atoms with Crippen molar-refractivity contribution in [2.24, 2.45) is 44.8 Å². The van der Waals surface area contributed by atoms with E-state index in [9.17, 15) is 34.2 Å². The van der Waals surface area contributed by atoms with Gasteiger partial charge in [0.1, 0.15) is 17.3 Å². The number of fused-ring (bicyclic) bond motifs is 5. The fourth-order valence-corrected chi connectivity index (χ4v) is 13.9. The minimum Gasteiger partial charge on any atom is -0.493 e. The van der Waals surface area contributed by atoms with Gasteiger partial charge >= 0.3 is 23.9 Å². The summed E-state index contributed by atoms with van der Waals surface area (Å²) >= 11 is 0. The van der Waals surface area contributed by atoms with E-state index in [1.807, 2.05) is 27.7 Å². The highest BCUT2D eigenvalue weighted by Crippen LogP contribution is 2.83. The number of aliphatic hydroxyl groups excluding tert-OH is 1. The molecule has 4 saturated carbocycles. The molecule has 1 aliphatic heterocycles. The van der Waals surface area contributed by atoms with Crippen molar-refractivity contribution in [1.82, 2.24) is 0 Å². The second kappa shape index (κ2) is 11.9. The number of carbonyl (C=O) groups is 5.